The van der Waals surface area contributed by atoms with E-state index < -0.39 is 5.92 Å². The molecule has 0 radical (unpaired) electrons. The first kappa shape index (κ1) is 26.9. The second kappa shape index (κ2) is 9.82. The Balaban J connectivity index is 1.80. The monoisotopic (exact) mass is 575 g/mol. The van der Waals surface area contributed by atoms with Gasteiger partial charge in [-0.05, 0) is 61.3 Å². The number of rotatable bonds is 5. The summed E-state index contributed by atoms with van der Waals surface area (Å²) in [5.74, 6) is 0.585. The smallest absolute Gasteiger partial charge is 0.162 e. The molecule has 38 heavy (non-hydrogen) atoms. The van der Waals surface area contributed by atoms with Crippen molar-refractivity contribution in [3.05, 3.63) is 86.7 Å². The van der Waals surface area contributed by atoms with Crippen molar-refractivity contribution in [3.8, 4) is 5.75 Å². The largest absolute Gasteiger partial charge is 0.491 e. The predicted molar refractivity (Wildman–Crippen MR) is 155 cm³/mol. The van der Waals surface area contributed by atoms with Gasteiger partial charge < -0.3 is 9.64 Å². The first-order chi connectivity index (χ1) is 17.8. The summed E-state index contributed by atoms with van der Waals surface area (Å²) in [5, 5.41) is 0. The highest BCUT2D eigenvalue weighted by Crippen LogP contribution is 2.56. The lowest BCUT2D eigenvalue weighted by Crippen LogP contribution is -2.44. The predicted octanol–water partition coefficient (Wildman–Crippen LogP) is 8.12. The molecule has 0 N–H and O–H groups in total. The maximum Gasteiger partial charge on any atom is 0.162 e. The second-order valence-corrected chi connectivity index (χ2v) is 13.9. The fourth-order valence-electron chi connectivity index (χ4n) is 6.42. The van der Waals surface area contributed by atoms with Crippen LogP contribution >= 0.6 is 15.9 Å². The van der Waals surface area contributed by atoms with Crippen LogP contribution in [0.2, 0.25) is 0 Å². The molecule has 1 heterocycles. The summed E-state index contributed by atoms with van der Waals surface area (Å²) < 4.78 is 7.19. The lowest BCUT2D eigenvalue weighted by atomic mass is 9.63. The van der Waals surface area contributed by atoms with E-state index in [0.29, 0.717) is 19.4 Å². The molecule has 0 saturated heterocycles. The van der Waals surface area contributed by atoms with E-state index >= 15 is 0 Å². The third kappa shape index (κ3) is 5.14. The molecule has 2 aromatic carbocycles. The summed E-state index contributed by atoms with van der Waals surface area (Å²) >= 11 is 3.66. The number of nitrogens with zero attached hydrogens (tertiary/aromatic N) is 1. The van der Waals surface area contributed by atoms with Crippen molar-refractivity contribution in [1.29, 1.82) is 0 Å². The Morgan fingerprint density at radius 1 is 0.868 bits per heavy atom. The van der Waals surface area contributed by atoms with Gasteiger partial charge in [-0.25, -0.2) is 0 Å². The van der Waals surface area contributed by atoms with Gasteiger partial charge in [0, 0.05) is 57.9 Å². The number of allylic oxidation sites excluding steroid dienone is 4. The van der Waals surface area contributed by atoms with E-state index in [-0.39, 0.29) is 28.5 Å². The van der Waals surface area contributed by atoms with Crippen LogP contribution in [0.25, 0.3) is 0 Å². The summed E-state index contributed by atoms with van der Waals surface area (Å²) in [7, 11) is 0. The fourth-order valence-corrected chi connectivity index (χ4v) is 6.80. The maximum atomic E-state index is 14.1. The molecule has 200 valence electrons. The number of carbonyl (C=O) groups is 2. The van der Waals surface area contributed by atoms with Crippen molar-refractivity contribution in [2.24, 2.45) is 10.8 Å². The molecule has 0 unspecified atom stereocenters. The Hall–Kier alpha value is -2.66. The average molecular weight is 577 g/mol. The third-order valence-corrected chi connectivity index (χ3v) is 8.34. The Morgan fingerprint density at radius 2 is 1.42 bits per heavy atom. The summed E-state index contributed by atoms with van der Waals surface area (Å²) in [4.78, 5) is 30.5. The molecule has 2 aliphatic carbocycles. The second-order valence-electron chi connectivity index (χ2n) is 13.0. The zero-order valence-electron chi connectivity index (χ0n) is 23.4. The van der Waals surface area contributed by atoms with E-state index in [0.717, 1.165) is 51.2 Å². The van der Waals surface area contributed by atoms with Crippen molar-refractivity contribution >= 4 is 27.5 Å². The van der Waals surface area contributed by atoms with Gasteiger partial charge in [0.05, 0.1) is 6.10 Å². The molecule has 1 aliphatic heterocycles. The maximum absolute atomic E-state index is 14.1. The Morgan fingerprint density at radius 3 is 1.95 bits per heavy atom. The van der Waals surface area contributed by atoms with Crippen LogP contribution in [0.5, 0.6) is 5.75 Å². The molecule has 0 bridgehead atoms. The van der Waals surface area contributed by atoms with Crippen molar-refractivity contribution in [3.63, 3.8) is 0 Å². The van der Waals surface area contributed by atoms with E-state index in [1.807, 2.05) is 38.1 Å². The summed E-state index contributed by atoms with van der Waals surface area (Å²) in [6, 6.07) is 16.4. The van der Waals surface area contributed by atoms with Crippen LogP contribution in [-0.2, 0) is 16.1 Å². The third-order valence-electron chi connectivity index (χ3n) is 7.85. The van der Waals surface area contributed by atoms with Crippen LogP contribution < -0.4 is 4.74 Å². The van der Waals surface area contributed by atoms with E-state index in [9.17, 15) is 9.59 Å². The van der Waals surface area contributed by atoms with Gasteiger partial charge in [0.15, 0.2) is 11.6 Å². The number of Topliss-reactive ketones (excluding diaryl/α,β-unsaturated/α-hetero) is 2. The SMILES string of the molecule is CC(C)Oc1ccc(Br)cc1C1C2=C(CC(C)(C)CC2=O)N(Cc2ccccc2)C2=C1C(=O)CC(C)(C)C2. The van der Waals surface area contributed by atoms with E-state index in [1.54, 1.807) is 0 Å². The molecule has 0 amide bonds. The number of hydrogen-bond donors (Lipinski definition) is 0. The zero-order valence-corrected chi connectivity index (χ0v) is 24.9. The van der Waals surface area contributed by atoms with Crippen LogP contribution in [-0.4, -0.2) is 22.6 Å². The minimum absolute atomic E-state index is 0.0306. The Labute approximate surface area is 235 Å². The van der Waals surface area contributed by atoms with Gasteiger partial charge in [-0.1, -0.05) is 74.0 Å². The molecular weight excluding hydrogens is 538 g/mol. The number of ether oxygens (including phenoxy) is 1. The van der Waals surface area contributed by atoms with Gasteiger partial charge in [0.2, 0.25) is 0 Å². The molecule has 2 aromatic rings. The van der Waals surface area contributed by atoms with Gasteiger partial charge in [-0.3, -0.25) is 9.59 Å². The highest BCUT2D eigenvalue weighted by atomic mass is 79.9. The first-order valence-corrected chi connectivity index (χ1v) is 14.4. The van der Waals surface area contributed by atoms with Crippen LogP contribution in [0.15, 0.2) is 75.5 Å². The van der Waals surface area contributed by atoms with Gasteiger partial charge >= 0.3 is 0 Å². The molecule has 0 fully saturated rings. The number of ketones is 2. The molecule has 5 heteroatoms. The van der Waals surface area contributed by atoms with Crippen molar-refractivity contribution in [2.75, 3.05) is 0 Å². The van der Waals surface area contributed by atoms with Crippen LogP contribution in [0, 0.1) is 10.8 Å². The molecule has 0 saturated carbocycles. The van der Waals surface area contributed by atoms with E-state index in [1.165, 1.54) is 5.56 Å². The molecule has 4 nitrogen and oxygen atoms in total. The highest BCUT2D eigenvalue weighted by molar-refractivity contribution is 9.10. The van der Waals surface area contributed by atoms with Crippen LogP contribution in [0.1, 0.15) is 84.3 Å². The lowest BCUT2D eigenvalue weighted by Gasteiger charge is -2.49. The molecule has 0 aromatic heterocycles. The van der Waals surface area contributed by atoms with Crippen molar-refractivity contribution in [2.45, 2.75) is 85.8 Å². The number of hydrogen-bond acceptors (Lipinski definition) is 4. The summed E-state index contributed by atoms with van der Waals surface area (Å²) in [6.45, 7) is 13.4. The van der Waals surface area contributed by atoms with Crippen molar-refractivity contribution < 1.29 is 14.3 Å². The Kier molecular flexibility index (Phi) is 6.96. The summed E-state index contributed by atoms with van der Waals surface area (Å²) in [6.07, 6.45) is 2.49. The Bertz CT molecular complexity index is 1300. The molecule has 0 atom stereocenters. The molecule has 3 aliphatic rings. The van der Waals surface area contributed by atoms with E-state index in [2.05, 4.69) is 72.8 Å². The highest BCUT2D eigenvalue weighted by Gasteiger charge is 2.49. The van der Waals surface area contributed by atoms with Gasteiger partial charge in [0.1, 0.15) is 5.75 Å². The van der Waals surface area contributed by atoms with Crippen LogP contribution in [0.4, 0.5) is 0 Å². The van der Waals surface area contributed by atoms with E-state index in [4.69, 9.17) is 4.74 Å². The zero-order chi connectivity index (χ0) is 27.4. The average Bonchev–Trinajstić information content (AvgIpc) is 2.80. The lowest BCUT2D eigenvalue weighted by molar-refractivity contribution is -0.119. The number of carbonyl (C=O) groups excluding carboxylic acids is 2. The number of halogens is 1. The van der Waals surface area contributed by atoms with Gasteiger partial charge in [-0.15, -0.1) is 0 Å². The molecule has 0 spiro atoms. The minimum atomic E-state index is -0.425. The number of benzene rings is 2. The van der Waals surface area contributed by atoms with Crippen LogP contribution in [0.3, 0.4) is 0 Å². The van der Waals surface area contributed by atoms with Gasteiger partial charge in [0.25, 0.3) is 0 Å². The quantitative estimate of drug-likeness (QED) is 0.361. The summed E-state index contributed by atoms with van der Waals surface area (Å²) in [5.41, 5.74) is 5.44. The molecular formula is C33H38BrNO3. The standard InChI is InChI=1S/C33H38BrNO3/c1-20(2)38-28-13-12-22(34)14-23(28)29-30-24(15-32(3,4)17-26(30)36)35(19-21-10-8-7-9-11-21)25-16-33(5,6)18-27(37)31(25)29/h7-14,20,29H,15-19H2,1-6H3. The topological polar surface area (TPSA) is 46.6 Å². The molecule has 5 rings (SSSR count). The van der Waals surface area contributed by atoms with Gasteiger partial charge in [-0.2, -0.15) is 0 Å². The van der Waals surface area contributed by atoms with Crippen molar-refractivity contribution in [1.82, 2.24) is 4.90 Å². The first-order valence-electron chi connectivity index (χ1n) is 13.7. The fraction of sp³-hybridized carbons (Fsp3) is 0.455. The normalized spacial score (nSPS) is 21.1. The minimum Gasteiger partial charge on any atom is -0.491 e.